The highest BCUT2D eigenvalue weighted by Gasteiger charge is 2.18. The number of aliphatic hydroxyl groups excluding tert-OH is 1. The summed E-state index contributed by atoms with van der Waals surface area (Å²) < 4.78 is 5.88. The van der Waals surface area contributed by atoms with Gasteiger partial charge in [0.05, 0.1) is 5.60 Å². The van der Waals surface area contributed by atoms with Gasteiger partial charge >= 0.3 is 0 Å². The first-order chi connectivity index (χ1) is 7.37. The van der Waals surface area contributed by atoms with Crippen molar-refractivity contribution in [1.82, 2.24) is 0 Å². The van der Waals surface area contributed by atoms with Crippen LogP contribution in [-0.4, -0.2) is 23.9 Å². The molecule has 2 nitrogen and oxygen atoms in total. The molecule has 0 aromatic rings. The van der Waals surface area contributed by atoms with E-state index in [1.54, 1.807) is 0 Å². The molecule has 0 aromatic heterocycles. The Hall–Kier alpha value is -0.0800. The van der Waals surface area contributed by atoms with Crippen molar-refractivity contribution >= 4 is 0 Å². The van der Waals surface area contributed by atoms with Gasteiger partial charge in [0.25, 0.3) is 0 Å². The molecule has 16 heavy (non-hydrogen) atoms. The molecule has 0 aliphatic rings. The van der Waals surface area contributed by atoms with Gasteiger partial charge in [0.1, 0.15) is 0 Å². The molecule has 0 amide bonds. The lowest BCUT2D eigenvalue weighted by Crippen LogP contribution is -2.26. The van der Waals surface area contributed by atoms with Crippen LogP contribution in [-0.2, 0) is 4.74 Å². The number of hydrogen-bond donors (Lipinski definition) is 1. The lowest BCUT2D eigenvalue weighted by Gasteiger charge is -2.27. The highest BCUT2D eigenvalue weighted by molar-refractivity contribution is 4.69. The fourth-order valence-corrected chi connectivity index (χ4v) is 1.71. The zero-order valence-corrected chi connectivity index (χ0v) is 11.8. The molecule has 0 radical (unpaired) electrons. The van der Waals surface area contributed by atoms with E-state index in [9.17, 15) is 0 Å². The Bertz CT molecular complexity index is 164. The summed E-state index contributed by atoms with van der Waals surface area (Å²) in [5.74, 6) is 1.23. The fraction of sp³-hybridized carbons (Fsp3) is 1.00. The van der Waals surface area contributed by atoms with Crippen LogP contribution in [0.1, 0.15) is 60.3 Å². The minimum Gasteiger partial charge on any atom is -0.396 e. The van der Waals surface area contributed by atoms with Crippen LogP contribution in [0.3, 0.4) is 0 Å². The third-order valence-electron chi connectivity index (χ3n) is 2.91. The van der Waals surface area contributed by atoms with Crippen molar-refractivity contribution in [2.75, 3.05) is 13.2 Å². The Balaban J connectivity index is 3.64. The lowest BCUT2D eigenvalue weighted by molar-refractivity contribution is -0.0378. The number of aliphatic hydroxyl groups is 1. The maximum absolute atomic E-state index is 8.82. The molecule has 0 aliphatic carbocycles. The van der Waals surface area contributed by atoms with Crippen molar-refractivity contribution in [1.29, 1.82) is 0 Å². The number of hydrogen-bond acceptors (Lipinski definition) is 2. The molecule has 0 fully saturated rings. The van der Waals surface area contributed by atoms with Crippen LogP contribution in [0.25, 0.3) is 0 Å². The normalized spacial score (nSPS) is 14.4. The van der Waals surface area contributed by atoms with E-state index < -0.39 is 0 Å². The van der Waals surface area contributed by atoms with Crippen LogP contribution in [0.15, 0.2) is 0 Å². The molecule has 2 heteroatoms. The molecular weight excluding hydrogens is 200 g/mol. The van der Waals surface area contributed by atoms with Crippen LogP contribution < -0.4 is 0 Å². The van der Waals surface area contributed by atoms with Gasteiger partial charge in [-0.1, -0.05) is 33.6 Å². The van der Waals surface area contributed by atoms with Crippen LogP contribution >= 0.6 is 0 Å². The summed E-state index contributed by atoms with van der Waals surface area (Å²) in [6.45, 7) is 12.1. The topological polar surface area (TPSA) is 29.5 Å². The second-order valence-corrected chi connectivity index (χ2v) is 5.97. The average Bonchev–Trinajstić information content (AvgIpc) is 2.15. The van der Waals surface area contributed by atoms with Gasteiger partial charge < -0.3 is 9.84 Å². The third-order valence-corrected chi connectivity index (χ3v) is 2.91. The van der Waals surface area contributed by atoms with Gasteiger partial charge in [0.15, 0.2) is 0 Å². The smallest absolute Gasteiger partial charge is 0.0626 e. The molecule has 0 aromatic carbocycles. The first-order valence-electron chi connectivity index (χ1n) is 6.62. The van der Waals surface area contributed by atoms with E-state index in [2.05, 4.69) is 34.6 Å². The molecular formula is C14H30O2. The van der Waals surface area contributed by atoms with Crippen molar-refractivity contribution in [3.8, 4) is 0 Å². The Morgan fingerprint density at radius 1 is 1.12 bits per heavy atom. The maximum Gasteiger partial charge on any atom is 0.0626 e. The van der Waals surface area contributed by atoms with Crippen molar-refractivity contribution in [3.63, 3.8) is 0 Å². The minimum absolute atomic E-state index is 0.00318. The first-order valence-corrected chi connectivity index (χ1v) is 6.62. The number of rotatable bonds is 9. The SMILES string of the molecule is CC(C)COC(C)(C)CCCC(C)CCO. The van der Waals surface area contributed by atoms with Gasteiger partial charge in [0, 0.05) is 13.2 Å². The van der Waals surface area contributed by atoms with Crippen LogP contribution in [0, 0.1) is 11.8 Å². The van der Waals surface area contributed by atoms with Crippen molar-refractivity contribution in [3.05, 3.63) is 0 Å². The highest BCUT2D eigenvalue weighted by Crippen LogP contribution is 2.21. The van der Waals surface area contributed by atoms with Gasteiger partial charge in [-0.2, -0.15) is 0 Å². The Morgan fingerprint density at radius 3 is 2.25 bits per heavy atom. The molecule has 0 saturated carbocycles. The average molecular weight is 230 g/mol. The van der Waals surface area contributed by atoms with E-state index in [4.69, 9.17) is 9.84 Å². The predicted molar refractivity (Wildman–Crippen MR) is 69.6 cm³/mol. The molecule has 0 heterocycles. The molecule has 0 bridgehead atoms. The molecule has 0 spiro atoms. The summed E-state index contributed by atoms with van der Waals surface area (Å²) in [4.78, 5) is 0. The van der Waals surface area contributed by atoms with E-state index in [1.807, 2.05) is 0 Å². The zero-order chi connectivity index (χ0) is 12.6. The maximum atomic E-state index is 8.82. The molecule has 1 atom stereocenters. The van der Waals surface area contributed by atoms with E-state index in [0.717, 1.165) is 19.4 Å². The van der Waals surface area contributed by atoms with Crippen molar-refractivity contribution < 1.29 is 9.84 Å². The third kappa shape index (κ3) is 9.17. The number of ether oxygens (including phenoxy) is 1. The summed E-state index contributed by atoms with van der Waals surface area (Å²) in [7, 11) is 0. The van der Waals surface area contributed by atoms with E-state index in [0.29, 0.717) is 18.4 Å². The van der Waals surface area contributed by atoms with Crippen LogP contribution in [0.4, 0.5) is 0 Å². The summed E-state index contributed by atoms with van der Waals surface area (Å²) >= 11 is 0. The fourth-order valence-electron chi connectivity index (χ4n) is 1.71. The monoisotopic (exact) mass is 230 g/mol. The van der Waals surface area contributed by atoms with Crippen LogP contribution in [0.5, 0.6) is 0 Å². The van der Waals surface area contributed by atoms with Gasteiger partial charge in [-0.15, -0.1) is 0 Å². The Morgan fingerprint density at radius 2 is 1.75 bits per heavy atom. The van der Waals surface area contributed by atoms with Gasteiger partial charge in [-0.3, -0.25) is 0 Å². The van der Waals surface area contributed by atoms with Gasteiger partial charge in [-0.25, -0.2) is 0 Å². The van der Waals surface area contributed by atoms with Crippen molar-refractivity contribution in [2.45, 2.75) is 65.9 Å². The molecule has 1 unspecified atom stereocenters. The van der Waals surface area contributed by atoms with E-state index in [-0.39, 0.29) is 5.60 Å². The summed E-state index contributed by atoms with van der Waals surface area (Å²) in [5, 5.41) is 8.82. The Kier molecular flexibility index (Phi) is 8.04. The zero-order valence-electron chi connectivity index (χ0n) is 11.8. The second kappa shape index (κ2) is 8.08. The van der Waals surface area contributed by atoms with Crippen LogP contribution in [0.2, 0.25) is 0 Å². The quantitative estimate of drug-likeness (QED) is 0.655. The predicted octanol–water partition coefficient (Wildman–Crippen LogP) is 3.63. The van der Waals surface area contributed by atoms with Crippen molar-refractivity contribution in [2.24, 2.45) is 11.8 Å². The van der Waals surface area contributed by atoms with Gasteiger partial charge in [0.2, 0.25) is 0 Å². The van der Waals surface area contributed by atoms with E-state index >= 15 is 0 Å². The molecule has 0 saturated heterocycles. The first kappa shape index (κ1) is 15.9. The Labute approximate surface area is 101 Å². The lowest BCUT2D eigenvalue weighted by atomic mass is 9.95. The molecule has 0 rings (SSSR count). The summed E-state index contributed by atoms with van der Waals surface area (Å²) in [5.41, 5.74) is 0.00318. The minimum atomic E-state index is 0.00318. The summed E-state index contributed by atoms with van der Waals surface area (Å²) in [6, 6.07) is 0. The molecule has 0 aliphatic heterocycles. The van der Waals surface area contributed by atoms with Gasteiger partial charge in [-0.05, 0) is 38.5 Å². The second-order valence-electron chi connectivity index (χ2n) is 5.97. The van der Waals surface area contributed by atoms with E-state index in [1.165, 1.54) is 12.8 Å². The largest absolute Gasteiger partial charge is 0.396 e. The summed E-state index contributed by atoms with van der Waals surface area (Å²) in [6.07, 6.45) is 4.41. The highest BCUT2D eigenvalue weighted by atomic mass is 16.5. The standard InChI is InChI=1S/C14H30O2/c1-12(2)11-16-14(4,5)9-6-7-13(3)8-10-15/h12-13,15H,6-11H2,1-5H3. The molecule has 98 valence electrons. The molecule has 1 N–H and O–H groups in total.